The van der Waals surface area contributed by atoms with Gasteiger partial charge < -0.3 is 9.88 Å². The van der Waals surface area contributed by atoms with Crippen molar-refractivity contribution in [2.45, 2.75) is 50.2 Å². The molecular weight excluding hydrogens is 336 g/mol. The zero-order chi connectivity index (χ0) is 17.6. The second-order valence-corrected chi connectivity index (χ2v) is 7.53. The van der Waals surface area contributed by atoms with Crippen molar-refractivity contribution in [1.82, 2.24) is 14.8 Å². The van der Waals surface area contributed by atoms with Crippen LogP contribution in [-0.4, -0.2) is 32.2 Å². The summed E-state index contributed by atoms with van der Waals surface area (Å²) in [5.74, 6) is 1.72. The number of aromatic nitrogens is 3. The van der Waals surface area contributed by atoms with Gasteiger partial charge in [0.25, 0.3) is 0 Å². The number of carbonyl (C=O) groups excluding carboxylic acids is 2. The highest BCUT2D eigenvalue weighted by molar-refractivity contribution is 7.99. The monoisotopic (exact) mass is 356 g/mol. The highest BCUT2D eigenvalue weighted by atomic mass is 32.2. The van der Waals surface area contributed by atoms with Gasteiger partial charge in [0.1, 0.15) is 5.82 Å². The third kappa shape index (κ3) is 2.97. The molecule has 1 aromatic heterocycles. The Bertz CT molecular complexity index is 857. The first-order chi connectivity index (χ1) is 12.1. The molecule has 2 aromatic rings. The van der Waals surface area contributed by atoms with Crippen LogP contribution in [0.15, 0.2) is 23.4 Å². The number of thioether (sulfide) groups is 1. The smallest absolute Gasteiger partial charge is 0.231 e. The number of hydrogen-bond acceptors (Lipinski definition) is 5. The Labute approximate surface area is 150 Å². The van der Waals surface area contributed by atoms with E-state index in [-0.39, 0.29) is 17.6 Å². The normalized spacial score (nSPS) is 19.0. The van der Waals surface area contributed by atoms with E-state index in [2.05, 4.69) is 27.0 Å². The predicted molar refractivity (Wildman–Crippen MR) is 96.2 cm³/mol. The van der Waals surface area contributed by atoms with Crippen LogP contribution in [0.25, 0.3) is 0 Å². The molecule has 0 radical (unpaired) electrons. The van der Waals surface area contributed by atoms with Gasteiger partial charge in [-0.2, -0.15) is 0 Å². The van der Waals surface area contributed by atoms with E-state index in [1.807, 2.05) is 19.1 Å². The van der Waals surface area contributed by atoms with Crippen molar-refractivity contribution in [3.63, 3.8) is 0 Å². The highest BCUT2D eigenvalue weighted by Crippen LogP contribution is 2.40. The summed E-state index contributed by atoms with van der Waals surface area (Å²) < 4.78 is 2.11. The summed E-state index contributed by atoms with van der Waals surface area (Å²) in [5.41, 5.74) is 2.34. The maximum absolute atomic E-state index is 12.6. The Morgan fingerprint density at radius 1 is 1.36 bits per heavy atom. The van der Waals surface area contributed by atoms with E-state index in [0.29, 0.717) is 17.2 Å². The van der Waals surface area contributed by atoms with E-state index >= 15 is 0 Å². The summed E-state index contributed by atoms with van der Waals surface area (Å²) >= 11 is 1.43. The summed E-state index contributed by atoms with van der Waals surface area (Å²) in [6.45, 7) is 4.75. The van der Waals surface area contributed by atoms with Gasteiger partial charge in [-0.1, -0.05) is 11.8 Å². The van der Waals surface area contributed by atoms with E-state index in [1.165, 1.54) is 24.6 Å². The minimum absolute atomic E-state index is 0.0161. The average Bonchev–Trinajstić information content (AvgIpc) is 3.32. The van der Waals surface area contributed by atoms with Crippen LogP contribution < -0.4 is 5.32 Å². The van der Waals surface area contributed by atoms with Crippen molar-refractivity contribution >= 4 is 29.1 Å². The molecule has 4 rings (SSSR count). The first kappa shape index (κ1) is 16.3. The lowest BCUT2D eigenvalue weighted by Crippen LogP contribution is -2.08. The molecule has 0 unspecified atom stereocenters. The summed E-state index contributed by atoms with van der Waals surface area (Å²) in [6.07, 6.45) is 2.36. The minimum atomic E-state index is -0.209. The molecule has 1 amide bonds. The zero-order valence-electron chi connectivity index (χ0n) is 14.3. The number of benzene rings is 1. The fraction of sp³-hybridized carbons (Fsp3) is 0.444. The Morgan fingerprint density at radius 2 is 2.16 bits per heavy atom. The van der Waals surface area contributed by atoms with Crippen molar-refractivity contribution in [1.29, 1.82) is 0 Å². The van der Waals surface area contributed by atoms with Gasteiger partial charge in [0.2, 0.25) is 5.91 Å². The molecule has 1 aliphatic carbocycles. The number of fused-ring (bicyclic) bond motifs is 1. The molecule has 1 fully saturated rings. The average molecular weight is 356 g/mol. The van der Waals surface area contributed by atoms with Crippen LogP contribution in [0.1, 0.15) is 60.3 Å². The third-order valence-electron chi connectivity index (χ3n) is 4.83. The van der Waals surface area contributed by atoms with Crippen LogP contribution in [0.5, 0.6) is 0 Å². The van der Waals surface area contributed by atoms with Gasteiger partial charge in [0.15, 0.2) is 10.9 Å². The standard InChI is InChI=1S/C18H20N4O2S/c1-3-22-16(11-4-5-11)20-21-18(22)25-9-15(23)12-6-7-14-13(8-12)10(2)17(24)19-14/h6-8,10-11H,3-5,9H2,1-2H3,(H,19,24)/t10-/m0/s1. The van der Waals surface area contributed by atoms with Gasteiger partial charge in [-0.15, -0.1) is 10.2 Å². The summed E-state index contributed by atoms with van der Waals surface area (Å²) in [6, 6.07) is 5.43. The number of rotatable bonds is 6. The molecule has 1 atom stereocenters. The van der Waals surface area contributed by atoms with Crippen LogP contribution >= 0.6 is 11.8 Å². The highest BCUT2D eigenvalue weighted by Gasteiger charge is 2.30. The number of nitrogens with zero attached hydrogens (tertiary/aromatic N) is 3. The number of Topliss-reactive ketones (excluding diaryl/α,β-unsaturated/α-hetero) is 1. The Hall–Kier alpha value is -2.15. The van der Waals surface area contributed by atoms with E-state index in [0.717, 1.165) is 28.8 Å². The van der Waals surface area contributed by atoms with Gasteiger partial charge in [0.05, 0.1) is 11.7 Å². The molecule has 2 heterocycles. The first-order valence-electron chi connectivity index (χ1n) is 8.62. The molecule has 7 heteroatoms. The first-order valence-corrected chi connectivity index (χ1v) is 9.61. The maximum Gasteiger partial charge on any atom is 0.231 e. The van der Waals surface area contributed by atoms with Crippen molar-refractivity contribution in [2.24, 2.45) is 0 Å². The lowest BCUT2D eigenvalue weighted by atomic mass is 9.99. The Balaban J connectivity index is 1.47. The zero-order valence-corrected chi connectivity index (χ0v) is 15.1. The van der Waals surface area contributed by atoms with Gasteiger partial charge in [0, 0.05) is 23.7 Å². The topological polar surface area (TPSA) is 76.9 Å². The molecule has 1 aromatic carbocycles. The van der Waals surface area contributed by atoms with Crippen LogP contribution in [0.2, 0.25) is 0 Å². The van der Waals surface area contributed by atoms with E-state index in [4.69, 9.17) is 0 Å². The molecule has 2 aliphatic rings. The van der Waals surface area contributed by atoms with Crippen molar-refractivity contribution < 1.29 is 9.59 Å². The molecule has 130 valence electrons. The maximum atomic E-state index is 12.6. The Morgan fingerprint density at radius 3 is 2.88 bits per heavy atom. The number of hydrogen-bond donors (Lipinski definition) is 1. The molecule has 0 spiro atoms. The number of ketones is 1. The molecule has 1 aliphatic heterocycles. The minimum Gasteiger partial charge on any atom is -0.325 e. The number of carbonyl (C=O) groups is 2. The molecule has 1 saturated carbocycles. The van der Waals surface area contributed by atoms with Gasteiger partial charge in [-0.05, 0) is 50.5 Å². The summed E-state index contributed by atoms with van der Waals surface area (Å²) in [7, 11) is 0. The van der Waals surface area contributed by atoms with Crippen LogP contribution in [0, 0.1) is 0 Å². The van der Waals surface area contributed by atoms with Gasteiger partial charge >= 0.3 is 0 Å². The lowest BCUT2D eigenvalue weighted by Gasteiger charge is -2.07. The SMILES string of the molecule is CCn1c(SCC(=O)c2ccc3c(c2)[C@H](C)C(=O)N3)nnc1C1CC1. The molecule has 1 N–H and O–H groups in total. The molecule has 0 saturated heterocycles. The summed E-state index contributed by atoms with van der Waals surface area (Å²) in [5, 5.41) is 12.2. The lowest BCUT2D eigenvalue weighted by molar-refractivity contribution is -0.116. The second-order valence-electron chi connectivity index (χ2n) is 6.58. The molecule has 0 bridgehead atoms. The second kappa shape index (κ2) is 6.29. The summed E-state index contributed by atoms with van der Waals surface area (Å²) in [4.78, 5) is 24.3. The number of amides is 1. The molecular formula is C18H20N4O2S. The Kier molecular flexibility index (Phi) is 4.11. The predicted octanol–water partition coefficient (Wildman–Crippen LogP) is 3.21. The molecule has 6 nitrogen and oxygen atoms in total. The van der Waals surface area contributed by atoms with Crippen molar-refractivity contribution in [3.8, 4) is 0 Å². The van der Waals surface area contributed by atoms with Gasteiger partial charge in [-0.3, -0.25) is 9.59 Å². The fourth-order valence-electron chi connectivity index (χ4n) is 3.15. The van der Waals surface area contributed by atoms with E-state index in [9.17, 15) is 9.59 Å². The largest absolute Gasteiger partial charge is 0.325 e. The van der Waals surface area contributed by atoms with Crippen LogP contribution in [0.4, 0.5) is 5.69 Å². The van der Waals surface area contributed by atoms with Crippen LogP contribution in [0.3, 0.4) is 0 Å². The van der Waals surface area contributed by atoms with Crippen molar-refractivity contribution in [2.75, 3.05) is 11.1 Å². The number of anilines is 1. The fourth-order valence-corrected chi connectivity index (χ4v) is 4.06. The van der Waals surface area contributed by atoms with Gasteiger partial charge in [-0.25, -0.2) is 0 Å². The van der Waals surface area contributed by atoms with Crippen molar-refractivity contribution in [3.05, 3.63) is 35.2 Å². The van der Waals surface area contributed by atoms with Crippen LogP contribution in [-0.2, 0) is 11.3 Å². The van der Waals surface area contributed by atoms with E-state index < -0.39 is 0 Å². The third-order valence-corrected chi connectivity index (χ3v) is 5.79. The quantitative estimate of drug-likeness (QED) is 0.635. The number of nitrogens with one attached hydrogen (secondary N) is 1. The van der Waals surface area contributed by atoms with E-state index in [1.54, 1.807) is 6.07 Å². The molecule has 25 heavy (non-hydrogen) atoms.